The second-order valence-corrected chi connectivity index (χ2v) is 5.52. The van der Waals surface area contributed by atoms with Crippen LogP contribution < -0.4 is 0 Å². The fourth-order valence-electron chi connectivity index (χ4n) is 1.58. The molecule has 0 aliphatic rings. The van der Waals surface area contributed by atoms with Crippen molar-refractivity contribution in [2.24, 2.45) is 0 Å². The predicted molar refractivity (Wildman–Crippen MR) is 72.9 cm³/mol. The van der Waals surface area contributed by atoms with E-state index in [1.165, 1.54) is 30.7 Å². The van der Waals surface area contributed by atoms with E-state index >= 15 is 0 Å². The van der Waals surface area contributed by atoms with Crippen molar-refractivity contribution in [3.8, 4) is 0 Å². The van der Waals surface area contributed by atoms with Gasteiger partial charge in [-0.25, -0.2) is 0 Å². The van der Waals surface area contributed by atoms with E-state index < -0.39 is 0 Å². The fourth-order valence-corrected chi connectivity index (χ4v) is 2.72. The summed E-state index contributed by atoms with van der Waals surface area (Å²) in [5.41, 5.74) is 0. The first-order chi connectivity index (χ1) is 7.36. The minimum absolute atomic E-state index is 1.13. The van der Waals surface area contributed by atoms with Crippen LogP contribution in [0.1, 0.15) is 31.1 Å². The number of thiophene rings is 1. The summed E-state index contributed by atoms with van der Waals surface area (Å²) in [6.07, 6.45) is 3.97. The molecule has 0 saturated carbocycles. The van der Waals surface area contributed by atoms with Crippen LogP contribution in [0.25, 0.3) is 0 Å². The maximum atomic E-state index is 3.47. The van der Waals surface area contributed by atoms with Gasteiger partial charge in [-0.15, -0.1) is 11.3 Å². The van der Waals surface area contributed by atoms with Crippen molar-refractivity contribution in [3.05, 3.63) is 22.4 Å². The van der Waals surface area contributed by atoms with Crippen molar-refractivity contribution >= 4 is 27.3 Å². The Morgan fingerprint density at radius 1 is 1.33 bits per heavy atom. The second kappa shape index (κ2) is 8.31. The zero-order valence-electron chi connectivity index (χ0n) is 9.42. The van der Waals surface area contributed by atoms with Gasteiger partial charge >= 0.3 is 0 Å². The van der Waals surface area contributed by atoms with E-state index in [1.54, 1.807) is 0 Å². The summed E-state index contributed by atoms with van der Waals surface area (Å²) in [6.45, 7) is 5.77. The highest BCUT2D eigenvalue weighted by Crippen LogP contribution is 2.12. The molecular formula is C12H20BrNS. The molecule has 0 radical (unpaired) electrons. The Morgan fingerprint density at radius 2 is 2.20 bits per heavy atom. The van der Waals surface area contributed by atoms with E-state index in [0.717, 1.165) is 18.4 Å². The van der Waals surface area contributed by atoms with Gasteiger partial charge in [-0.2, -0.15) is 0 Å². The molecule has 0 aliphatic heterocycles. The fraction of sp³-hybridized carbons (Fsp3) is 0.667. The number of halogens is 1. The Labute approximate surface area is 106 Å². The number of alkyl halides is 1. The molecule has 86 valence electrons. The lowest BCUT2D eigenvalue weighted by atomic mass is 10.2. The van der Waals surface area contributed by atoms with E-state index in [1.807, 2.05) is 11.3 Å². The van der Waals surface area contributed by atoms with Crippen LogP contribution in [0.2, 0.25) is 0 Å². The molecule has 0 bridgehead atoms. The van der Waals surface area contributed by atoms with Crippen molar-refractivity contribution < 1.29 is 0 Å². The molecule has 1 aromatic rings. The molecule has 1 rings (SSSR count). The molecule has 0 saturated heterocycles. The van der Waals surface area contributed by atoms with Crippen molar-refractivity contribution in [3.63, 3.8) is 0 Å². The minimum atomic E-state index is 1.13. The molecule has 0 unspecified atom stereocenters. The number of unbranched alkanes of at least 4 members (excludes halogenated alkanes) is 2. The largest absolute Gasteiger partial charge is 0.299 e. The first-order valence-corrected chi connectivity index (χ1v) is 7.67. The molecule has 0 N–H and O–H groups in total. The lowest BCUT2D eigenvalue weighted by molar-refractivity contribution is 0.276. The molecule has 0 atom stereocenters. The van der Waals surface area contributed by atoms with Crippen LogP contribution in [0.15, 0.2) is 17.5 Å². The summed E-state index contributed by atoms with van der Waals surface area (Å²) in [4.78, 5) is 4.01. The van der Waals surface area contributed by atoms with Crippen molar-refractivity contribution in [1.82, 2.24) is 4.90 Å². The summed E-state index contributed by atoms with van der Waals surface area (Å²) in [5, 5.41) is 3.30. The van der Waals surface area contributed by atoms with E-state index in [-0.39, 0.29) is 0 Å². The molecule has 3 heteroatoms. The second-order valence-electron chi connectivity index (χ2n) is 3.70. The van der Waals surface area contributed by atoms with Gasteiger partial charge in [0.15, 0.2) is 0 Å². The molecule has 1 aromatic heterocycles. The van der Waals surface area contributed by atoms with Crippen LogP contribution in [0.3, 0.4) is 0 Å². The van der Waals surface area contributed by atoms with Gasteiger partial charge in [-0.05, 0) is 37.4 Å². The van der Waals surface area contributed by atoms with E-state index in [4.69, 9.17) is 0 Å². The van der Waals surface area contributed by atoms with Gasteiger partial charge in [0.2, 0.25) is 0 Å². The number of rotatable bonds is 8. The highest BCUT2D eigenvalue weighted by atomic mass is 79.9. The van der Waals surface area contributed by atoms with Crippen LogP contribution in [0.4, 0.5) is 0 Å². The zero-order valence-corrected chi connectivity index (χ0v) is 11.8. The van der Waals surface area contributed by atoms with Gasteiger partial charge in [0.1, 0.15) is 0 Å². The SMILES string of the molecule is CCN(CCCCCBr)Cc1cccs1. The van der Waals surface area contributed by atoms with E-state index in [9.17, 15) is 0 Å². The summed E-state index contributed by atoms with van der Waals surface area (Å²) in [5.74, 6) is 0. The van der Waals surface area contributed by atoms with Gasteiger partial charge in [0.25, 0.3) is 0 Å². The average Bonchev–Trinajstić information content (AvgIpc) is 2.75. The molecule has 0 aliphatic carbocycles. The predicted octanol–water partition coefficient (Wildman–Crippen LogP) is 4.14. The third-order valence-corrected chi connectivity index (χ3v) is 3.94. The Hall–Kier alpha value is 0.140. The van der Waals surface area contributed by atoms with Gasteiger partial charge in [0, 0.05) is 16.8 Å². The van der Waals surface area contributed by atoms with Crippen LogP contribution in [0.5, 0.6) is 0 Å². The standard InChI is InChI=1S/C12H20BrNS/c1-2-14(9-5-3-4-8-13)11-12-7-6-10-15-12/h6-7,10H,2-5,8-9,11H2,1H3. The normalized spacial score (nSPS) is 11.1. The van der Waals surface area contributed by atoms with Gasteiger partial charge in [-0.1, -0.05) is 35.3 Å². The van der Waals surface area contributed by atoms with Gasteiger partial charge < -0.3 is 0 Å². The zero-order chi connectivity index (χ0) is 10.9. The lowest BCUT2D eigenvalue weighted by Crippen LogP contribution is -2.23. The monoisotopic (exact) mass is 289 g/mol. The lowest BCUT2D eigenvalue weighted by Gasteiger charge is -2.19. The summed E-state index contributed by atoms with van der Waals surface area (Å²) in [6, 6.07) is 4.37. The quantitative estimate of drug-likeness (QED) is 0.514. The molecule has 0 fully saturated rings. The first-order valence-electron chi connectivity index (χ1n) is 5.67. The van der Waals surface area contributed by atoms with Crippen LogP contribution >= 0.6 is 27.3 Å². The third-order valence-electron chi connectivity index (χ3n) is 2.51. The van der Waals surface area contributed by atoms with Gasteiger partial charge in [-0.3, -0.25) is 4.90 Å². The van der Waals surface area contributed by atoms with Gasteiger partial charge in [0.05, 0.1) is 0 Å². The molecule has 15 heavy (non-hydrogen) atoms. The smallest absolute Gasteiger partial charge is 0.0327 e. The van der Waals surface area contributed by atoms with Crippen LogP contribution in [0, 0.1) is 0 Å². The Morgan fingerprint density at radius 3 is 2.80 bits per heavy atom. The third kappa shape index (κ3) is 5.69. The number of hydrogen-bond acceptors (Lipinski definition) is 2. The molecule has 1 nitrogen and oxygen atoms in total. The summed E-state index contributed by atoms with van der Waals surface area (Å²) >= 11 is 5.33. The molecule has 0 amide bonds. The average molecular weight is 290 g/mol. The maximum Gasteiger partial charge on any atom is 0.0327 e. The Bertz CT molecular complexity index is 236. The summed E-state index contributed by atoms with van der Waals surface area (Å²) in [7, 11) is 0. The highest BCUT2D eigenvalue weighted by Gasteiger charge is 2.03. The summed E-state index contributed by atoms with van der Waals surface area (Å²) < 4.78 is 0. The topological polar surface area (TPSA) is 3.24 Å². The molecular weight excluding hydrogens is 270 g/mol. The first kappa shape index (κ1) is 13.2. The molecule has 0 spiro atoms. The van der Waals surface area contributed by atoms with E-state index in [2.05, 4.69) is 45.3 Å². The Kier molecular flexibility index (Phi) is 7.32. The van der Waals surface area contributed by atoms with Crippen LogP contribution in [-0.4, -0.2) is 23.3 Å². The van der Waals surface area contributed by atoms with Crippen molar-refractivity contribution in [2.45, 2.75) is 32.7 Å². The van der Waals surface area contributed by atoms with Crippen molar-refractivity contribution in [2.75, 3.05) is 18.4 Å². The Balaban J connectivity index is 2.18. The maximum absolute atomic E-state index is 3.47. The molecule has 1 heterocycles. The minimum Gasteiger partial charge on any atom is -0.299 e. The number of nitrogens with zero attached hydrogens (tertiary/aromatic N) is 1. The highest BCUT2D eigenvalue weighted by molar-refractivity contribution is 9.09. The number of hydrogen-bond donors (Lipinski definition) is 0. The molecule has 0 aromatic carbocycles. The van der Waals surface area contributed by atoms with E-state index in [0.29, 0.717) is 0 Å². The van der Waals surface area contributed by atoms with Crippen molar-refractivity contribution in [1.29, 1.82) is 0 Å². The van der Waals surface area contributed by atoms with Crippen LogP contribution in [-0.2, 0) is 6.54 Å².